The summed E-state index contributed by atoms with van der Waals surface area (Å²) < 4.78 is 5.70. The van der Waals surface area contributed by atoms with E-state index >= 15 is 0 Å². The van der Waals surface area contributed by atoms with Crippen LogP contribution in [-0.4, -0.2) is 48.3 Å². The maximum atomic E-state index is 13.0. The standard InChI is InChI=1S/C22H28N2O3/c1-13-5-14(2)22-17(12-27-19(22)6-13)10-21(26)24(4)18-7-15-9-20(25)23(3)11-16(15)8-18/h5-6,12,15-16,18H,7-11H2,1-4H3/t15-,16+,18-/m1/s1. The monoisotopic (exact) mass is 368 g/mol. The summed E-state index contributed by atoms with van der Waals surface area (Å²) in [5.41, 5.74) is 4.13. The fraction of sp³-hybridized carbons (Fsp3) is 0.545. The first-order chi connectivity index (χ1) is 12.8. The highest BCUT2D eigenvalue weighted by atomic mass is 16.3. The van der Waals surface area contributed by atoms with Crippen LogP contribution in [0.2, 0.25) is 0 Å². The lowest BCUT2D eigenvalue weighted by Gasteiger charge is -2.31. The van der Waals surface area contributed by atoms with Crippen LogP contribution in [0.1, 0.15) is 36.0 Å². The maximum Gasteiger partial charge on any atom is 0.227 e. The van der Waals surface area contributed by atoms with Crippen LogP contribution in [0.3, 0.4) is 0 Å². The molecule has 144 valence electrons. The highest BCUT2D eigenvalue weighted by Crippen LogP contribution is 2.40. The van der Waals surface area contributed by atoms with E-state index < -0.39 is 0 Å². The molecule has 1 aliphatic heterocycles. The quantitative estimate of drug-likeness (QED) is 0.835. The van der Waals surface area contributed by atoms with Gasteiger partial charge >= 0.3 is 0 Å². The first kappa shape index (κ1) is 18.1. The number of carbonyl (C=O) groups is 2. The van der Waals surface area contributed by atoms with E-state index in [1.165, 1.54) is 0 Å². The number of rotatable bonds is 3. The molecule has 0 N–H and O–H groups in total. The van der Waals surface area contributed by atoms with E-state index in [0.29, 0.717) is 24.7 Å². The average Bonchev–Trinajstić information content (AvgIpc) is 3.18. The van der Waals surface area contributed by atoms with Gasteiger partial charge in [-0.3, -0.25) is 9.59 Å². The van der Waals surface area contributed by atoms with Gasteiger partial charge in [-0.25, -0.2) is 0 Å². The molecule has 5 heteroatoms. The minimum absolute atomic E-state index is 0.126. The Morgan fingerprint density at radius 3 is 2.78 bits per heavy atom. The number of piperidine rings is 1. The van der Waals surface area contributed by atoms with Crippen LogP contribution in [0.15, 0.2) is 22.8 Å². The van der Waals surface area contributed by atoms with E-state index in [1.807, 2.05) is 30.0 Å². The normalized spacial score (nSPS) is 25.1. The largest absolute Gasteiger partial charge is 0.464 e. The number of nitrogens with zero attached hydrogens (tertiary/aromatic N) is 2. The summed E-state index contributed by atoms with van der Waals surface area (Å²) in [6, 6.07) is 4.38. The number of hydrogen-bond acceptors (Lipinski definition) is 3. The first-order valence-corrected chi connectivity index (χ1v) is 9.80. The Morgan fingerprint density at radius 2 is 2.00 bits per heavy atom. The number of likely N-dealkylation sites (tertiary alicyclic amines) is 1. The zero-order valence-corrected chi connectivity index (χ0v) is 16.6. The molecular formula is C22H28N2O3. The van der Waals surface area contributed by atoms with Crippen molar-refractivity contribution in [2.75, 3.05) is 20.6 Å². The van der Waals surface area contributed by atoms with Crippen LogP contribution < -0.4 is 0 Å². The van der Waals surface area contributed by atoms with Gasteiger partial charge in [0.25, 0.3) is 0 Å². The fourth-order valence-corrected chi connectivity index (χ4v) is 5.05. The lowest BCUT2D eigenvalue weighted by molar-refractivity contribution is -0.135. The molecule has 2 amide bonds. The van der Waals surface area contributed by atoms with E-state index in [9.17, 15) is 9.59 Å². The molecule has 0 unspecified atom stereocenters. The Morgan fingerprint density at radius 1 is 1.26 bits per heavy atom. The molecule has 1 aromatic heterocycles. The van der Waals surface area contributed by atoms with Crippen molar-refractivity contribution in [3.8, 4) is 0 Å². The van der Waals surface area contributed by atoms with Crippen molar-refractivity contribution in [1.82, 2.24) is 9.80 Å². The van der Waals surface area contributed by atoms with Gasteiger partial charge in [-0.15, -0.1) is 0 Å². The number of aryl methyl sites for hydroxylation is 2. The minimum atomic E-state index is 0.126. The Labute approximate surface area is 160 Å². The van der Waals surface area contributed by atoms with Gasteiger partial charge in [0.05, 0.1) is 12.7 Å². The third kappa shape index (κ3) is 3.24. The van der Waals surface area contributed by atoms with Crippen LogP contribution >= 0.6 is 0 Å². The molecule has 0 spiro atoms. The zero-order valence-electron chi connectivity index (χ0n) is 16.6. The van der Waals surface area contributed by atoms with Crippen LogP contribution in [0, 0.1) is 25.7 Å². The van der Waals surface area contributed by atoms with Crippen molar-refractivity contribution >= 4 is 22.8 Å². The highest BCUT2D eigenvalue weighted by Gasteiger charge is 2.42. The van der Waals surface area contributed by atoms with Crippen LogP contribution in [-0.2, 0) is 16.0 Å². The third-order valence-corrected chi connectivity index (χ3v) is 6.56. The molecular weight excluding hydrogens is 340 g/mol. The highest BCUT2D eigenvalue weighted by molar-refractivity contribution is 5.90. The van der Waals surface area contributed by atoms with Gasteiger partial charge in [-0.2, -0.15) is 0 Å². The van der Waals surface area contributed by atoms with Gasteiger partial charge in [-0.1, -0.05) is 6.07 Å². The van der Waals surface area contributed by atoms with E-state index in [4.69, 9.17) is 4.42 Å². The minimum Gasteiger partial charge on any atom is -0.464 e. The number of hydrogen-bond donors (Lipinski definition) is 0. The molecule has 1 saturated carbocycles. The Kier molecular flexibility index (Phi) is 4.49. The fourth-order valence-electron chi connectivity index (χ4n) is 5.05. The zero-order chi connectivity index (χ0) is 19.3. The number of carbonyl (C=O) groups excluding carboxylic acids is 2. The number of amides is 2. The van der Waals surface area contributed by atoms with Crippen molar-refractivity contribution in [1.29, 1.82) is 0 Å². The van der Waals surface area contributed by atoms with Crippen molar-refractivity contribution in [3.63, 3.8) is 0 Å². The molecule has 1 aromatic carbocycles. The molecule has 1 saturated heterocycles. The van der Waals surface area contributed by atoms with Crippen LogP contribution in [0.4, 0.5) is 0 Å². The first-order valence-electron chi connectivity index (χ1n) is 9.80. The van der Waals surface area contributed by atoms with E-state index in [2.05, 4.69) is 19.9 Å². The molecule has 1 aliphatic carbocycles. The Bertz CT molecular complexity index is 900. The van der Waals surface area contributed by atoms with Crippen molar-refractivity contribution in [2.24, 2.45) is 11.8 Å². The van der Waals surface area contributed by atoms with Crippen molar-refractivity contribution < 1.29 is 14.0 Å². The van der Waals surface area contributed by atoms with Gasteiger partial charge in [0.1, 0.15) is 5.58 Å². The van der Waals surface area contributed by atoms with Gasteiger partial charge in [0, 0.05) is 44.1 Å². The number of furan rings is 1. The summed E-state index contributed by atoms with van der Waals surface area (Å²) >= 11 is 0. The van der Waals surface area contributed by atoms with E-state index in [0.717, 1.165) is 47.0 Å². The van der Waals surface area contributed by atoms with Crippen molar-refractivity contribution in [2.45, 2.75) is 45.6 Å². The van der Waals surface area contributed by atoms with E-state index in [-0.39, 0.29) is 17.9 Å². The molecule has 5 nitrogen and oxygen atoms in total. The van der Waals surface area contributed by atoms with E-state index in [1.54, 1.807) is 6.26 Å². The molecule has 0 radical (unpaired) electrons. The van der Waals surface area contributed by atoms with Crippen molar-refractivity contribution in [3.05, 3.63) is 35.1 Å². The molecule has 2 heterocycles. The molecule has 4 rings (SSSR count). The summed E-state index contributed by atoms with van der Waals surface area (Å²) in [6.07, 6.45) is 4.65. The maximum absolute atomic E-state index is 13.0. The average molecular weight is 368 g/mol. The second-order valence-electron chi connectivity index (χ2n) is 8.52. The lowest BCUT2D eigenvalue weighted by Crippen LogP contribution is -2.40. The summed E-state index contributed by atoms with van der Waals surface area (Å²) in [5.74, 6) is 1.31. The summed E-state index contributed by atoms with van der Waals surface area (Å²) in [5, 5.41) is 1.06. The van der Waals surface area contributed by atoms with Crippen LogP contribution in [0.25, 0.3) is 11.0 Å². The van der Waals surface area contributed by atoms with Gasteiger partial charge in [0.2, 0.25) is 11.8 Å². The van der Waals surface area contributed by atoms with Gasteiger partial charge < -0.3 is 14.2 Å². The lowest BCUT2D eigenvalue weighted by atomic mass is 9.88. The molecule has 0 bridgehead atoms. The number of benzene rings is 1. The summed E-state index contributed by atoms with van der Waals surface area (Å²) in [7, 11) is 3.80. The number of likely N-dealkylation sites (N-methyl/N-ethyl adjacent to an activating group) is 1. The predicted molar refractivity (Wildman–Crippen MR) is 104 cm³/mol. The second-order valence-corrected chi connectivity index (χ2v) is 8.52. The predicted octanol–water partition coefficient (Wildman–Crippen LogP) is 3.31. The smallest absolute Gasteiger partial charge is 0.227 e. The van der Waals surface area contributed by atoms with Crippen LogP contribution in [0.5, 0.6) is 0 Å². The van der Waals surface area contributed by atoms with Gasteiger partial charge in [0.15, 0.2) is 0 Å². The Balaban J connectivity index is 1.47. The topological polar surface area (TPSA) is 53.8 Å². The second kappa shape index (κ2) is 6.70. The molecule has 2 fully saturated rings. The summed E-state index contributed by atoms with van der Waals surface area (Å²) in [4.78, 5) is 28.7. The molecule has 2 aliphatic rings. The molecule has 2 aromatic rings. The third-order valence-electron chi connectivity index (χ3n) is 6.56. The SMILES string of the molecule is Cc1cc(C)c2c(CC(=O)N(C)[C@@H]3C[C@@H]4CC(=O)N(C)C[C@@H]4C3)coc2c1. The summed E-state index contributed by atoms with van der Waals surface area (Å²) in [6.45, 7) is 4.94. The molecule has 27 heavy (non-hydrogen) atoms. The Hall–Kier alpha value is -2.30. The van der Waals surface area contributed by atoms with Gasteiger partial charge in [-0.05, 0) is 55.7 Å². The number of fused-ring (bicyclic) bond motifs is 2. The molecule has 3 atom stereocenters.